The van der Waals surface area contributed by atoms with E-state index in [2.05, 4.69) is 15.3 Å². The van der Waals surface area contributed by atoms with Crippen molar-refractivity contribution in [2.45, 2.75) is 19.1 Å². The number of alkyl halides is 3. The average Bonchev–Trinajstić information content (AvgIpc) is 2.55. The number of hydrogen-bond donors (Lipinski definition) is 1. The highest BCUT2D eigenvalue weighted by Gasteiger charge is 2.35. The van der Waals surface area contributed by atoms with Crippen LogP contribution in [0.3, 0.4) is 0 Å². The van der Waals surface area contributed by atoms with Crippen LogP contribution in [0.2, 0.25) is 0 Å². The molecule has 1 unspecified atom stereocenters. The minimum absolute atomic E-state index is 0.0292. The molecule has 2 aromatic carbocycles. The summed E-state index contributed by atoms with van der Waals surface area (Å²) >= 11 is 0. The topological polar surface area (TPSA) is 37.8 Å². The van der Waals surface area contributed by atoms with Gasteiger partial charge in [0, 0.05) is 11.4 Å². The smallest absolute Gasteiger partial charge is 0.363 e. The molecule has 0 saturated heterocycles. The molecule has 1 aromatic heterocycles. The molecule has 0 radical (unpaired) electrons. The number of halogens is 4. The number of benzene rings is 2. The van der Waals surface area contributed by atoms with Crippen molar-refractivity contribution in [2.24, 2.45) is 0 Å². The zero-order chi connectivity index (χ0) is 17.3. The third-order valence-corrected chi connectivity index (χ3v) is 3.56. The van der Waals surface area contributed by atoms with Gasteiger partial charge in [0.05, 0.1) is 5.52 Å². The van der Waals surface area contributed by atoms with Crippen molar-refractivity contribution in [1.29, 1.82) is 0 Å². The van der Waals surface area contributed by atoms with Crippen molar-refractivity contribution in [3.63, 3.8) is 0 Å². The van der Waals surface area contributed by atoms with Gasteiger partial charge >= 0.3 is 6.18 Å². The second-order valence-corrected chi connectivity index (χ2v) is 5.33. The van der Waals surface area contributed by atoms with Gasteiger partial charge in [-0.1, -0.05) is 30.3 Å². The highest BCUT2D eigenvalue weighted by molar-refractivity contribution is 5.89. The number of nitrogens with zero attached hydrogens (tertiary/aromatic N) is 2. The van der Waals surface area contributed by atoms with Crippen LogP contribution in [-0.2, 0) is 6.18 Å². The molecule has 0 bridgehead atoms. The lowest BCUT2D eigenvalue weighted by Crippen LogP contribution is -2.15. The van der Waals surface area contributed by atoms with Crippen molar-refractivity contribution in [2.75, 3.05) is 5.32 Å². The summed E-state index contributed by atoms with van der Waals surface area (Å²) in [6, 6.07) is 12.3. The Bertz CT molecular complexity index is 863. The van der Waals surface area contributed by atoms with E-state index in [9.17, 15) is 17.6 Å². The number of anilines is 1. The molecular formula is C17H13F4N3. The van der Waals surface area contributed by atoms with E-state index in [1.807, 2.05) is 30.3 Å². The first-order valence-electron chi connectivity index (χ1n) is 7.20. The van der Waals surface area contributed by atoms with Gasteiger partial charge in [0.1, 0.15) is 11.6 Å². The predicted molar refractivity (Wildman–Crippen MR) is 83.0 cm³/mol. The Hall–Kier alpha value is -2.70. The maximum Gasteiger partial charge on any atom is 0.451 e. The maximum atomic E-state index is 13.5. The molecule has 124 valence electrons. The first-order chi connectivity index (χ1) is 11.3. The molecule has 1 heterocycles. The first kappa shape index (κ1) is 16.2. The van der Waals surface area contributed by atoms with Gasteiger partial charge in [0.2, 0.25) is 5.82 Å². The molecule has 1 N–H and O–H groups in total. The van der Waals surface area contributed by atoms with Crippen molar-refractivity contribution >= 4 is 16.7 Å². The second-order valence-electron chi connectivity index (χ2n) is 5.33. The number of aromatic nitrogens is 2. The number of hydrogen-bond acceptors (Lipinski definition) is 3. The number of rotatable bonds is 3. The molecule has 7 heteroatoms. The van der Waals surface area contributed by atoms with Gasteiger partial charge in [-0.05, 0) is 30.7 Å². The standard InChI is InChI=1S/C17H13F4N3/c1-10(11-5-3-2-4-6-11)22-15-13-9-12(18)7-8-14(13)23-16(24-15)17(19,20)21/h2-10H,1H3,(H,22,23,24). The van der Waals surface area contributed by atoms with Crippen molar-refractivity contribution < 1.29 is 17.6 Å². The molecule has 0 spiro atoms. The molecule has 0 fully saturated rings. The summed E-state index contributed by atoms with van der Waals surface area (Å²) in [4.78, 5) is 7.05. The molecule has 3 nitrogen and oxygen atoms in total. The largest absolute Gasteiger partial charge is 0.451 e. The Morgan fingerprint density at radius 1 is 1.00 bits per heavy atom. The second kappa shape index (κ2) is 6.07. The zero-order valence-corrected chi connectivity index (χ0v) is 12.6. The van der Waals surface area contributed by atoms with E-state index >= 15 is 0 Å². The van der Waals surface area contributed by atoms with Crippen LogP contribution in [0.4, 0.5) is 23.4 Å². The fraction of sp³-hybridized carbons (Fsp3) is 0.176. The van der Waals surface area contributed by atoms with Crippen LogP contribution in [0.1, 0.15) is 24.4 Å². The Morgan fingerprint density at radius 3 is 2.38 bits per heavy atom. The van der Waals surface area contributed by atoms with Gasteiger partial charge in [0.15, 0.2) is 0 Å². The molecule has 24 heavy (non-hydrogen) atoms. The van der Waals surface area contributed by atoms with Crippen LogP contribution < -0.4 is 5.32 Å². The SMILES string of the molecule is CC(Nc1nc(C(F)(F)F)nc2ccc(F)cc12)c1ccccc1. The van der Waals surface area contributed by atoms with Crippen molar-refractivity contribution in [3.05, 3.63) is 65.7 Å². The maximum absolute atomic E-state index is 13.5. The summed E-state index contributed by atoms with van der Waals surface area (Å²) in [5, 5.41) is 3.12. The lowest BCUT2D eigenvalue weighted by molar-refractivity contribution is -0.144. The average molecular weight is 335 g/mol. The van der Waals surface area contributed by atoms with E-state index < -0.39 is 17.8 Å². The quantitative estimate of drug-likeness (QED) is 0.688. The minimum Gasteiger partial charge on any atom is -0.363 e. The number of nitrogens with one attached hydrogen (secondary N) is 1. The van der Waals surface area contributed by atoms with Crippen LogP contribution >= 0.6 is 0 Å². The molecular weight excluding hydrogens is 322 g/mol. The van der Waals surface area contributed by atoms with E-state index in [4.69, 9.17) is 0 Å². The van der Waals surface area contributed by atoms with Gasteiger partial charge in [-0.15, -0.1) is 0 Å². The molecule has 0 amide bonds. The van der Waals surface area contributed by atoms with Crippen LogP contribution in [0.15, 0.2) is 48.5 Å². The first-order valence-corrected chi connectivity index (χ1v) is 7.20. The highest BCUT2D eigenvalue weighted by Crippen LogP contribution is 2.32. The lowest BCUT2D eigenvalue weighted by atomic mass is 10.1. The van der Waals surface area contributed by atoms with Crippen LogP contribution in [-0.4, -0.2) is 9.97 Å². The van der Waals surface area contributed by atoms with Gasteiger partial charge in [-0.25, -0.2) is 14.4 Å². The third kappa shape index (κ3) is 3.29. The van der Waals surface area contributed by atoms with E-state index in [-0.39, 0.29) is 22.8 Å². The van der Waals surface area contributed by atoms with Gasteiger partial charge < -0.3 is 5.32 Å². The van der Waals surface area contributed by atoms with E-state index in [0.29, 0.717) is 0 Å². The normalized spacial score (nSPS) is 13.0. The van der Waals surface area contributed by atoms with Gasteiger partial charge in [-0.3, -0.25) is 0 Å². The summed E-state index contributed by atoms with van der Waals surface area (Å²) in [5.41, 5.74) is 0.899. The molecule has 0 aliphatic heterocycles. The van der Waals surface area contributed by atoms with E-state index in [0.717, 1.165) is 17.7 Å². The Balaban J connectivity index is 2.09. The molecule has 0 saturated carbocycles. The van der Waals surface area contributed by atoms with Gasteiger partial charge in [0.25, 0.3) is 0 Å². The van der Waals surface area contributed by atoms with Crippen molar-refractivity contribution in [3.8, 4) is 0 Å². The van der Waals surface area contributed by atoms with Crippen LogP contribution in [0.25, 0.3) is 10.9 Å². The fourth-order valence-electron chi connectivity index (χ4n) is 2.37. The summed E-state index contributed by atoms with van der Waals surface area (Å²) in [5.74, 6) is -1.88. The van der Waals surface area contributed by atoms with Crippen LogP contribution in [0, 0.1) is 5.82 Å². The summed E-state index contributed by atoms with van der Waals surface area (Å²) in [7, 11) is 0. The van der Waals surface area contributed by atoms with E-state index in [1.165, 1.54) is 6.07 Å². The summed E-state index contributed by atoms with van der Waals surface area (Å²) in [6.45, 7) is 1.79. The highest BCUT2D eigenvalue weighted by atomic mass is 19.4. The third-order valence-electron chi connectivity index (χ3n) is 3.56. The van der Waals surface area contributed by atoms with Gasteiger partial charge in [-0.2, -0.15) is 13.2 Å². The predicted octanol–water partition coefficient (Wildman–Crippen LogP) is 4.96. The fourth-order valence-corrected chi connectivity index (χ4v) is 2.37. The van der Waals surface area contributed by atoms with Crippen molar-refractivity contribution in [1.82, 2.24) is 9.97 Å². The molecule has 0 aliphatic rings. The Morgan fingerprint density at radius 2 is 1.71 bits per heavy atom. The lowest BCUT2D eigenvalue weighted by Gasteiger charge is -2.17. The molecule has 1 atom stereocenters. The Labute approximate surface area is 135 Å². The minimum atomic E-state index is -4.69. The zero-order valence-electron chi connectivity index (χ0n) is 12.6. The number of fused-ring (bicyclic) bond motifs is 1. The monoisotopic (exact) mass is 335 g/mol. The summed E-state index contributed by atoms with van der Waals surface area (Å²) < 4.78 is 52.5. The van der Waals surface area contributed by atoms with E-state index in [1.54, 1.807) is 6.92 Å². The molecule has 0 aliphatic carbocycles. The van der Waals surface area contributed by atoms with Crippen LogP contribution in [0.5, 0.6) is 0 Å². The molecule has 3 aromatic rings. The molecule has 3 rings (SSSR count). The Kier molecular flexibility index (Phi) is 4.09. The summed E-state index contributed by atoms with van der Waals surface area (Å²) in [6.07, 6.45) is -4.69.